The number of ether oxygens (including phenoxy) is 2. The minimum absolute atomic E-state index is 0. The second-order valence-corrected chi connectivity index (χ2v) is 8.05. The maximum absolute atomic E-state index is 13.0. The van der Waals surface area contributed by atoms with Crippen LogP contribution in [0.5, 0.6) is 5.75 Å². The quantitative estimate of drug-likeness (QED) is 0.782. The van der Waals surface area contributed by atoms with Crippen LogP contribution < -0.4 is 10.1 Å². The molecule has 0 amide bonds. The van der Waals surface area contributed by atoms with Gasteiger partial charge >= 0.3 is 5.97 Å². The molecule has 9 heteroatoms. The lowest BCUT2D eigenvalue weighted by Gasteiger charge is -2.24. The van der Waals surface area contributed by atoms with Gasteiger partial charge in [-0.15, -0.1) is 12.4 Å². The number of benzene rings is 1. The number of carbonyl (C=O) groups is 1. The molecule has 25 heavy (non-hydrogen) atoms. The number of nitrogens with one attached hydrogen (secondary N) is 1. The molecule has 1 aromatic carbocycles. The van der Waals surface area contributed by atoms with Gasteiger partial charge < -0.3 is 14.8 Å². The molecule has 1 aromatic rings. The van der Waals surface area contributed by atoms with Crippen molar-refractivity contribution in [2.45, 2.75) is 36.2 Å². The van der Waals surface area contributed by atoms with Gasteiger partial charge in [-0.3, -0.25) is 0 Å². The molecule has 140 valence electrons. The van der Waals surface area contributed by atoms with Crippen molar-refractivity contribution >= 4 is 28.4 Å². The monoisotopic (exact) mass is 390 g/mol. The summed E-state index contributed by atoms with van der Waals surface area (Å²) in [4.78, 5) is 11.7. The first-order valence-corrected chi connectivity index (χ1v) is 9.42. The number of carbonyl (C=O) groups excluding carboxylic acids is 1. The highest BCUT2D eigenvalue weighted by Crippen LogP contribution is 2.31. The van der Waals surface area contributed by atoms with Crippen molar-refractivity contribution in [3.63, 3.8) is 0 Å². The predicted octanol–water partition coefficient (Wildman–Crippen LogP) is 1.42. The Kier molecular flexibility index (Phi) is 6.31. The maximum Gasteiger partial charge on any atom is 0.337 e. The number of halogens is 1. The van der Waals surface area contributed by atoms with E-state index in [1.807, 2.05) is 0 Å². The molecule has 3 rings (SSSR count). The van der Waals surface area contributed by atoms with Crippen LogP contribution in [0.25, 0.3) is 0 Å². The summed E-state index contributed by atoms with van der Waals surface area (Å²) in [5, 5.41) is 3.47. The third-order valence-electron chi connectivity index (χ3n) is 4.69. The molecule has 2 fully saturated rings. The van der Waals surface area contributed by atoms with Crippen LogP contribution >= 0.6 is 12.4 Å². The summed E-state index contributed by atoms with van der Waals surface area (Å²) < 4.78 is 37.5. The van der Waals surface area contributed by atoms with E-state index < -0.39 is 16.0 Å². The molecule has 0 spiro atoms. The first-order chi connectivity index (χ1) is 11.5. The first-order valence-electron chi connectivity index (χ1n) is 7.98. The smallest absolute Gasteiger partial charge is 0.337 e. The van der Waals surface area contributed by atoms with Gasteiger partial charge in [0.2, 0.25) is 10.0 Å². The Labute approximate surface area is 154 Å². The van der Waals surface area contributed by atoms with Crippen LogP contribution in [0.3, 0.4) is 0 Å². The fourth-order valence-electron chi connectivity index (χ4n) is 3.39. The number of hydrogen-bond acceptors (Lipinski definition) is 6. The molecule has 1 N–H and O–H groups in total. The van der Waals surface area contributed by atoms with Crippen molar-refractivity contribution in [1.82, 2.24) is 9.62 Å². The Bertz CT molecular complexity index is 740. The lowest BCUT2D eigenvalue weighted by atomic mass is 10.1. The SMILES string of the molecule is COC(=O)c1ccc(S(=O)(=O)N2CCC3CCC(C2)N3)c(OC)c1.Cl. The van der Waals surface area contributed by atoms with Gasteiger partial charge in [0.1, 0.15) is 10.6 Å². The number of methoxy groups -OCH3 is 2. The van der Waals surface area contributed by atoms with E-state index in [9.17, 15) is 13.2 Å². The van der Waals surface area contributed by atoms with Crippen LogP contribution in [0.2, 0.25) is 0 Å². The highest BCUT2D eigenvalue weighted by Gasteiger charge is 2.36. The lowest BCUT2D eigenvalue weighted by molar-refractivity contribution is 0.0600. The maximum atomic E-state index is 13.0. The molecule has 2 aliphatic heterocycles. The van der Waals surface area contributed by atoms with Crippen LogP contribution in [-0.4, -0.2) is 58.1 Å². The van der Waals surface area contributed by atoms with Gasteiger partial charge in [-0.1, -0.05) is 0 Å². The molecule has 2 unspecified atom stereocenters. The largest absolute Gasteiger partial charge is 0.495 e. The fourth-order valence-corrected chi connectivity index (χ4v) is 5.03. The number of sulfonamides is 1. The summed E-state index contributed by atoms with van der Waals surface area (Å²) in [5.41, 5.74) is 0.255. The Morgan fingerprint density at radius 3 is 2.60 bits per heavy atom. The van der Waals surface area contributed by atoms with Crippen LogP contribution in [-0.2, 0) is 14.8 Å². The molecular weight excluding hydrogens is 368 g/mol. The van der Waals surface area contributed by atoms with E-state index in [1.54, 1.807) is 0 Å². The Balaban J connectivity index is 0.00000225. The van der Waals surface area contributed by atoms with E-state index in [-0.39, 0.29) is 34.7 Å². The van der Waals surface area contributed by atoms with E-state index in [0.29, 0.717) is 19.1 Å². The standard InChI is InChI=1S/C16H22N2O5S.ClH/c1-22-14-9-11(16(19)23-2)3-6-15(14)24(20,21)18-8-7-12-4-5-13(10-18)17-12;/h3,6,9,12-13,17H,4-5,7-8,10H2,1-2H3;1H. The van der Waals surface area contributed by atoms with Crippen LogP contribution in [0.4, 0.5) is 0 Å². The molecule has 2 heterocycles. The van der Waals surface area contributed by atoms with Crippen molar-refractivity contribution < 1.29 is 22.7 Å². The zero-order valence-corrected chi connectivity index (χ0v) is 15.9. The molecule has 2 atom stereocenters. The number of nitrogens with zero attached hydrogens (tertiary/aromatic N) is 1. The molecule has 0 saturated carbocycles. The van der Waals surface area contributed by atoms with Crippen molar-refractivity contribution in [3.8, 4) is 5.75 Å². The summed E-state index contributed by atoms with van der Waals surface area (Å²) in [6.45, 7) is 0.944. The average molecular weight is 391 g/mol. The van der Waals surface area contributed by atoms with Crippen molar-refractivity contribution in [2.75, 3.05) is 27.3 Å². The van der Waals surface area contributed by atoms with E-state index in [2.05, 4.69) is 10.1 Å². The number of rotatable bonds is 4. The number of esters is 1. The zero-order chi connectivity index (χ0) is 17.3. The van der Waals surface area contributed by atoms with E-state index in [0.717, 1.165) is 19.3 Å². The number of hydrogen-bond donors (Lipinski definition) is 1. The highest BCUT2D eigenvalue weighted by molar-refractivity contribution is 7.89. The van der Waals surface area contributed by atoms with Crippen molar-refractivity contribution in [2.24, 2.45) is 0 Å². The summed E-state index contributed by atoms with van der Waals surface area (Å²) >= 11 is 0. The average Bonchev–Trinajstić information content (AvgIpc) is 2.91. The van der Waals surface area contributed by atoms with Crippen molar-refractivity contribution in [1.29, 1.82) is 0 Å². The molecule has 0 aromatic heterocycles. The molecule has 2 aliphatic rings. The van der Waals surface area contributed by atoms with Crippen LogP contribution in [0, 0.1) is 0 Å². The third-order valence-corrected chi connectivity index (χ3v) is 6.59. The Morgan fingerprint density at radius 2 is 1.92 bits per heavy atom. The highest BCUT2D eigenvalue weighted by atomic mass is 35.5. The molecule has 2 bridgehead atoms. The first kappa shape index (κ1) is 20.0. The normalized spacial score (nSPS) is 23.4. The second-order valence-electron chi connectivity index (χ2n) is 6.15. The molecule has 0 radical (unpaired) electrons. The third kappa shape index (κ3) is 3.92. The number of fused-ring (bicyclic) bond motifs is 2. The minimum atomic E-state index is -3.68. The van der Waals surface area contributed by atoms with E-state index >= 15 is 0 Å². The minimum Gasteiger partial charge on any atom is -0.495 e. The molecule has 2 saturated heterocycles. The predicted molar refractivity (Wildman–Crippen MR) is 94.9 cm³/mol. The summed E-state index contributed by atoms with van der Waals surface area (Å²) in [6, 6.07) is 4.87. The van der Waals surface area contributed by atoms with Gasteiger partial charge in [-0.05, 0) is 37.5 Å². The van der Waals surface area contributed by atoms with Gasteiger partial charge in [0, 0.05) is 25.2 Å². The topological polar surface area (TPSA) is 84.9 Å². The summed E-state index contributed by atoms with van der Waals surface area (Å²) in [5.74, 6) is -0.381. The van der Waals surface area contributed by atoms with Gasteiger partial charge in [-0.2, -0.15) is 4.31 Å². The zero-order valence-electron chi connectivity index (χ0n) is 14.2. The van der Waals surface area contributed by atoms with Gasteiger partial charge in [-0.25, -0.2) is 13.2 Å². The molecule has 0 aliphatic carbocycles. The van der Waals surface area contributed by atoms with E-state index in [4.69, 9.17) is 4.74 Å². The molecule has 7 nitrogen and oxygen atoms in total. The Hall–Kier alpha value is -1.35. The van der Waals surface area contributed by atoms with Gasteiger partial charge in [0.25, 0.3) is 0 Å². The van der Waals surface area contributed by atoms with Crippen LogP contribution in [0.15, 0.2) is 23.1 Å². The second kappa shape index (κ2) is 7.90. The van der Waals surface area contributed by atoms with Gasteiger partial charge in [0.15, 0.2) is 0 Å². The fraction of sp³-hybridized carbons (Fsp3) is 0.562. The summed E-state index contributed by atoms with van der Waals surface area (Å²) in [7, 11) is -1.02. The molecular formula is C16H23ClN2O5S. The van der Waals surface area contributed by atoms with Crippen molar-refractivity contribution in [3.05, 3.63) is 23.8 Å². The van der Waals surface area contributed by atoms with Crippen LogP contribution in [0.1, 0.15) is 29.6 Å². The van der Waals surface area contributed by atoms with E-state index in [1.165, 1.54) is 36.7 Å². The summed E-state index contributed by atoms with van der Waals surface area (Å²) in [6.07, 6.45) is 2.91. The van der Waals surface area contributed by atoms with Gasteiger partial charge in [0.05, 0.1) is 19.8 Å². The lowest BCUT2D eigenvalue weighted by Crippen LogP contribution is -2.39. The Morgan fingerprint density at radius 1 is 1.20 bits per heavy atom.